The molecule has 1 atom stereocenters. The van der Waals surface area contributed by atoms with Gasteiger partial charge in [0, 0.05) is 23.6 Å². The van der Waals surface area contributed by atoms with Crippen molar-refractivity contribution in [1.29, 1.82) is 0 Å². The predicted molar refractivity (Wildman–Crippen MR) is 122 cm³/mol. The molecule has 0 radical (unpaired) electrons. The summed E-state index contributed by atoms with van der Waals surface area (Å²) in [6.07, 6.45) is 3.62. The van der Waals surface area contributed by atoms with Crippen LogP contribution in [0.2, 0.25) is 0 Å². The number of aliphatic hydroxyl groups excluding tert-OH is 1. The van der Waals surface area contributed by atoms with E-state index in [-0.39, 0.29) is 17.9 Å². The Labute approximate surface area is 194 Å². The lowest BCUT2D eigenvalue weighted by molar-refractivity contribution is -0.129. The van der Waals surface area contributed by atoms with Crippen LogP contribution in [0.15, 0.2) is 82.8 Å². The molecule has 0 unspecified atom stereocenters. The first-order valence-corrected chi connectivity index (χ1v) is 10.7. The zero-order valence-electron chi connectivity index (χ0n) is 18.2. The number of furan rings is 1. The molecular weight excluding hydrogens is 439 g/mol. The molecule has 4 aromatic rings. The van der Waals surface area contributed by atoms with Crippen molar-refractivity contribution in [3.63, 3.8) is 0 Å². The van der Waals surface area contributed by atoms with E-state index >= 15 is 0 Å². The van der Waals surface area contributed by atoms with Crippen LogP contribution < -0.4 is 4.74 Å². The van der Waals surface area contributed by atoms with Gasteiger partial charge in [0.05, 0.1) is 25.0 Å². The normalized spacial score (nSPS) is 16.0. The van der Waals surface area contributed by atoms with Gasteiger partial charge in [-0.05, 0) is 60.0 Å². The minimum atomic E-state index is -0.958. The summed E-state index contributed by atoms with van der Waals surface area (Å²) in [5.74, 6) is -1.79. The summed E-state index contributed by atoms with van der Waals surface area (Å²) in [6, 6.07) is 13.4. The average Bonchev–Trinajstić information content (AvgIpc) is 3.57. The van der Waals surface area contributed by atoms with Crippen LogP contribution in [-0.4, -0.2) is 40.3 Å². The van der Waals surface area contributed by atoms with Crippen LogP contribution >= 0.6 is 0 Å². The van der Waals surface area contributed by atoms with Crippen molar-refractivity contribution >= 4 is 22.6 Å². The summed E-state index contributed by atoms with van der Waals surface area (Å²) in [7, 11) is 1.59. The molecule has 1 aliphatic rings. The first-order chi connectivity index (χ1) is 16.5. The Morgan fingerprint density at radius 3 is 2.79 bits per heavy atom. The molecule has 0 aliphatic carbocycles. The molecular formula is C26H21FN2O5. The fourth-order valence-electron chi connectivity index (χ4n) is 4.41. The third kappa shape index (κ3) is 3.63. The second kappa shape index (κ2) is 8.55. The van der Waals surface area contributed by atoms with E-state index in [4.69, 9.17) is 9.15 Å². The Morgan fingerprint density at radius 2 is 2.06 bits per heavy atom. The maximum absolute atomic E-state index is 14.1. The summed E-state index contributed by atoms with van der Waals surface area (Å²) < 4.78 is 24.6. The van der Waals surface area contributed by atoms with E-state index in [1.54, 1.807) is 19.2 Å². The molecule has 1 amide bonds. The highest BCUT2D eigenvalue weighted by Crippen LogP contribution is 2.39. The Balaban J connectivity index is 1.51. The number of aromatic amines is 1. The summed E-state index contributed by atoms with van der Waals surface area (Å²) in [5.41, 5.74) is 2.10. The third-order valence-corrected chi connectivity index (χ3v) is 6.05. The largest absolute Gasteiger partial charge is 0.503 e. The number of halogens is 1. The fourth-order valence-corrected chi connectivity index (χ4v) is 4.41. The summed E-state index contributed by atoms with van der Waals surface area (Å²) in [5, 5.41) is 11.6. The number of aromatic nitrogens is 1. The van der Waals surface area contributed by atoms with Crippen molar-refractivity contribution < 1.29 is 28.2 Å². The minimum absolute atomic E-state index is 0.0127. The second-order valence-corrected chi connectivity index (χ2v) is 8.00. The molecule has 3 heterocycles. The number of nitrogens with one attached hydrogen (secondary N) is 1. The van der Waals surface area contributed by atoms with Crippen LogP contribution in [0, 0.1) is 5.82 Å². The van der Waals surface area contributed by atoms with Crippen molar-refractivity contribution in [2.24, 2.45) is 0 Å². The van der Waals surface area contributed by atoms with Crippen LogP contribution in [-0.2, 0) is 11.2 Å². The van der Waals surface area contributed by atoms with Gasteiger partial charge in [-0.15, -0.1) is 0 Å². The number of H-pyrrole nitrogens is 1. The monoisotopic (exact) mass is 460 g/mol. The number of ether oxygens (including phenoxy) is 1. The highest BCUT2D eigenvalue weighted by Gasteiger charge is 2.44. The maximum Gasteiger partial charge on any atom is 0.290 e. The topological polar surface area (TPSA) is 95.8 Å². The molecule has 0 bridgehead atoms. The van der Waals surface area contributed by atoms with Gasteiger partial charge in [0.1, 0.15) is 11.6 Å². The highest BCUT2D eigenvalue weighted by atomic mass is 19.1. The van der Waals surface area contributed by atoms with E-state index in [9.17, 15) is 19.1 Å². The van der Waals surface area contributed by atoms with Crippen LogP contribution in [0.25, 0.3) is 10.9 Å². The molecule has 2 N–H and O–H groups in total. The Kier molecular flexibility index (Phi) is 5.41. The first kappa shape index (κ1) is 21.5. The van der Waals surface area contributed by atoms with Crippen LogP contribution in [0.5, 0.6) is 5.75 Å². The molecule has 34 heavy (non-hydrogen) atoms. The number of Topliss-reactive ketones (excluding diaryl/α,β-unsaturated/α-hetero) is 1. The van der Waals surface area contributed by atoms with Crippen molar-refractivity contribution in [2.45, 2.75) is 12.5 Å². The van der Waals surface area contributed by atoms with Crippen molar-refractivity contribution in [3.8, 4) is 5.75 Å². The molecule has 0 saturated heterocycles. The Morgan fingerprint density at radius 1 is 1.21 bits per heavy atom. The molecule has 5 rings (SSSR count). The molecule has 8 heteroatoms. The Bertz CT molecular complexity index is 1420. The molecule has 2 aromatic heterocycles. The lowest BCUT2D eigenvalue weighted by Gasteiger charge is -2.26. The van der Waals surface area contributed by atoms with E-state index in [0.717, 1.165) is 16.5 Å². The number of methoxy groups -OCH3 is 1. The number of fused-ring (bicyclic) bond motifs is 1. The molecule has 0 fully saturated rings. The molecule has 0 spiro atoms. The van der Waals surface area contributed by atoms with Crippen molar-refractivity contribution in [3.05, 3.63) is 101 Å². The maximum atomic E-state index is 14.1. The molecule has 1 aliphatic heterocycles. The number of carbonyl (C=O) groups excluding carboxylic acids is 2. The number of ketones is 1. The molecule has 2 aromatic carbocycles. The summed E-state index contributed by atoms with van der Waals surface area (Å²) >= 11 is 0. The van der Waals surface area contributed by atoms with E-state index in [0.29, 0.717) is 17.7 Å². The molecule has 172 valence electrons. The van der Waals surface area contributed by atoms with Crippen LogP contribution in [0.4, 0.5) is 4.39 Å². The zero-order chi connectivity index (χ0) is 23.8. The van der Waals surface area contributed by atoms with Crippen LogP contribution in [0.3, 0.4) is 0 Å². The Hall–Kier alpha value is -4.33. The summed E-state index contributed by atoms with van der Waals surface area (Å²) in [4.78, 5) is 30.8. The van der Waals surface area contributed by atoms with Gasteiger partial charge in [-0.3, -0.25) is 9.59 Å². The SMILES string of the molecule is COc1ccc2[nH]cc(CCN3C(=O)C(O)=C(C(=O)c4ccco4)[C@@H]3c3cccc(F)c3)c2c1. The smallest absolute Gasteiger partial charge is 0.290 e. The van der Waals surface area contributed by atoms with Gasteiger partial charge in [0.25, 0.3) is 5.91 Å². The number of hydrogen-bond acceptors (Lipinski definition) is 5. The number of aliphatic hydroxyl groups is 1. The van der Waals surface area contributed by atoms with Gasteiger partial charge in [-0.25, -0.2) is 4.39 Å². The fraction of sp³-hybridized carbons (Fsp3) is 0.154. The van der Waals surface area contributed by atoms with Gasteiger partial charge in [-0.2, -0.15) is 0 Å². The van der Waals surface area contributed by atoms with Crippen LogP contribution in [0.1, 0.15) is 27.7 Å². The number of benzene rings is 2. The highest BCUT2D eigenvalue weighted by molar-refractivity contribution is 6.15. The van der Waals surface area contributed by atoms with Gasteiger partial charge < -0.3 is 24.1 Å². The lowest BCUT2D eigenvalue weighted by atomic mass is 9.95. The van der Waals surface area contributed by atoms with E-state index < -0.39 is 29.3 Å². The molecule has 7 nitrogen and oxygen atoms in total. The van der Waals surface area contributed by atoms with E-state index in [1.807, 2.05) is 24.4 Å². The zero-order valence-corrected chi connectivity index (χ0v) is 18.2. The lowest BCUT2D eigenvalue weighted by Crippen LogP contribution is -2.33. The van der Waals surface area contributed by atoms with Gasteiger partial charge in [0.15, 0.2) is 11.5 Å². The first-order valence-electron chi connectivity index (χ1n) is 10.7. The second-order valence-electron chi connectivity index (χ2n) is 8.00. The van der Waals surface area contributed by atoms with Crippen molar-refractivity contribution in [1.82, 2.24) is 9.88 Å². The quantitative estimate of drug-likeness (QED) is 0.389. The van der Waals surface area contributed by atoms with E-state index in [1.165, 1.54) is 35.4 Å². The summed E-state index contributed by atoms with van der Waals surface area (Å²) in [6.45, 7) is 0.184. The number of hydrogen-bond donors (Lipinski definition) is 2. The van der Waals surface area contributed by atoms with Gasteiger partial charge in [-0.1, -0.05) is 12.1 Å². The van der Waals surface area contributed by atoms with Crippen molar-refractivity contribution in [2.75, 3.05) is 13.7 Å². The number of amides is 1. The number of rotatable bonds is 7. The van der Waals surface area contributed by atoms with Gasteiger partial charge >= 0.3 is 0 Å². The van der Waals surface area contributed by atoms with Gasteiger partial charge in [0.2, 0.25) is 5.78 Å². The predicted octanol–water partition coefficient (Wildman–Crippen LogP) is 4.73. The minimum Gasteiger partial charge on any atom is -0.503 e. The average molecular weight is 460 g/mol. The standard InChI is InChI=1S/C26H21FN2O5/c1-33-18-7-8-20-19(13-18)16(14-28-20)9-10-29-23(15-4-2-5-17(27)12-15)22(25(31)26(29)32)24(30)21-6-3-11-34-21/h2-8,11-14,23,28,31H,9-10H2,1H3/t23-/m0/s1. The number of nitrogens with zero attached hydrogens (tertiary/aromatic N) is 1. The molecule has 0 saturated carbocycles. The van der Waals surface area contributed by atoms with E-state index in [2.05, 4.69) is 4.98 Å². The third-order valence-electron chi connectivity index (χ3n) is 6.05. The number of carbonyl (C=O) groups is 2.